The number of rotatable bonds is 2. The maximum Gasteiger partial charge on any atom is 0.307 e. The molecule has 0 atom stereocenters. The van der Waals surface area contributed by atoms with Gasteiger partial charge < -0.3 is 5.73 Å². The largest absolute Gasteiger partial charge is 0.399 e. The van der Waals surface area contributed by atoms with Gasteiger partial charge in [-0.1, -0.05) is 23.5 Å². The van der Waals surface area contributed by atoms with Gasteiger partial charge in [0.25, 0.3) is 0 Å². The van der Waals surface area contributed by atoms with Crippen molar-refractivity contribution in [1.29, 1.82) is 0 Å². The van der Waals surface area contributed by atoms with Gasteiger partial charge >= 0.3 is 4.87 Å². The third kappa shape index (κ3) is 1.88. The highest BCUT2D eigenvalue weighted by Gasteiger charge is 2.11. The zero-order chi connectivity index (χ0) is 11.7. The number of nitrogen functional groups attached to an aromatic ring is 1. The predicted octanol–water partition coefficient (Wildman–Crippen LogP) is 2.74. The van der Waals surface area contributed by atoms with Gasteiger partial charge in [0.15, 0.2) is 0 Å². The molecule has 0 aliphatic rings. The molecule has 2 aromatic rings. The molecule has 0 amide bonds. The van der Waals surface area contributed by atoms with E-state index in [1.165, 1.54) is 11.3 Å². The van der Waals surface area contributed by atoms with Crippen molar-refractivity contribution in [1.82, 2.24) is 4.57 Å². The Hall–Kier alpha value is -1.55. The molecule has 0 saturated heterocycles. The number of benzene rings is 1. The smallest absolute Gasteiger partial charge is 0.307 e. The van der Waals surface area contributed by atoms with Gasteiger partial charge in [0.2, 0.25) is 0 Å². The Morgan fingerprint density at radius 3 is 2.75 bits per heavy atom. The molecule has 1 heterocycles. The summed E-state index contributed by atoms with van der Waals surface area (Å²) in [5.74, 6) is 0. The zero-order valence-electron chi connectivity index (χ0n) is 9.31. The highest BCUT2D eigenvalue weighted by atomic mass is 32.1. The first kappa shape index (κ1) is 11.0. The van der Waals surface area contributed by atoms with E-state index in [0.717, 1.165) is 11.3 Å². The molecular formula is C12H14N2OS. The Morgan fingerprint density at radius 1 is 1.38 bits per heavy atom. The second-order valence-corrected chi connectivity index (χ2v) is 4.80. The molecule has 2 N–H and O–H groups in total. The highest BCUT2D eigenvalue weighted by molar-refractivity contribution is 7.07. The van der Waals surface area contributed by atoms with E-state index in [9.17, 15) is 4.79 Å². The monoisotopic (exact) mass is 234 g/mol. The van der Waals surface area contributed by atoms with Crippen LogP contribution in [0.4, 0.5) is 5.69 Å². The average molecular weight is 234 g/mol. The Kier molecular flexibility index (Phi) is 2.83. The van der Waals surface area contributed by atoms with Gasteiger partial charge in [-0.05, 0) is 26.0 Å². The molecular weight excluding hydrogens is 220 g/mol. The first-order valence-corrected chi connectivity index (χ1v) is 6.03. The molecule has 3 nitrogen and oxygen atoms in total. The molecule has 0 spiro atoms. The lowest BCUT2D eigenvalue weighted by Gasteiger charge is -2.11. The van der Waals surface area contributed by atoms with E-state index in [4.69, 9.17) is 5.73 Å². The number of nitrogens with zero attached hydrogens (tertiary/aromatic N) is 1. The zero-order valence-corrected chi connectivity index (χ0v) is 10.1. The third-order valence-electron chi connectivity index (χ3n) is 2.43. The normalized spacial score (nSPS) is 10.9. The average Bonchev–Trinajstić information content (AvgIpc) is 2.60. The summed E-state index contributed by atoms with van der Waals surface area (Å²) in [6.45, 7) is 4.01. The standard InChI is InChI=1S/C12H14N2OS/c1-8(2)14-11(7-16-12(14)15)9-4-3-5-10(13)6-9/h3-8H,13H2,1-2H3. The van der Waals surface area contributed by atoms with Gasteiger partial charge in [0.05, 0.1) is 5.69 Å². The van der Waals surface area contributed by atoms with E-state index in [1.54, 1.807) is 4.57 Å². The van der Waals surface area contributed by atoms with E-state index in [1.807, 2.05) is 43.5 Å². The fourth-order valence-electron chi connectivity index (χ4n) is 1.71. The fourth-order valence-corrected chi connectivity index (χ4v) is 2.60. The third-order valence-corrected chi connectivity index (χ3v) is 3.17. The van der Waals surface area contributed by atoms with E-state index >= 15 is 0 Å². The Labute approximate surface area is 98.2 Å². The quantitative estimate of drug-likeness (QED) is 0.812. The van der Waals surface area contributed by atoms with Crippen molar-refractivity contribution < 1.29 is 0 Å². The summed E-state index contributed by atoms with van der Waals surface area (Å²) in [5.41, 5.74) is 8.39. The van der Waals surface area contributed by atoms with Gasteiger partial charge in [-0.15, -0.1) is 0 Å². The maximum atomic E-state index is 11.7. The summed E-state index contributed by atoms with van der Waals surface area (Å²) in [4.78, 5) is 11.8. The molecule has 0 aliphatic carbocycles. The first-order valence-electron chi connectivity index (χ1n) is 5.15. The molecule has 0 radical (unpaired) electrons. The summed E-state index contributed by atoms with van der Waals surface area (Å²) >= 11 is 1.23. The minimum Gasteiger partial charge on any atom is -0.399 e. The molecule has 0 saturated carbocycles. The van der Waals surface area contributed by atoms with Crippen molar-refractivity contribution in [3.8, 4) is 11.3 Å². The van der Waals surface area contributed by atoms with Crippen molar-refractivity contribution in [2.75, 3.05) is 5.73 Å². The number of anilines is 1. The van der Waals surface area contributed by atoms with E-state index < -0.39 is 0 Å². The van der Waals surface area contributed by atoms with Crippen molar-refractivity contribution in [2.45, 2.75) is 19.9 Å². The Balaban J connectivity index is 2.61. The van der Waals surface area contributed by atoms with E-state index in [0.29, 0.717) is 5.69 Å². The molecule has 1 aromatic carbocycles. The summed E-state index contributed by atoms with van der Waals surface area (Å²) < 4.78 is 1.79. The topological polar surface area (TPSA) is 48.0 Å². The minimum atomic E-state index is 0.0763. The number of nitrogens with two attached hydrogens (primary N) is 1. The van der Waals surface area contributed by atoms with E-state index in [2.05, 4.69) is 0 Å². The SMILES string of the molecule is CC(C)n1c(-c2cccc(N)c2)csc1=O. The van der Waals surface area contributed by atoms with Crippen LogP contribution in [0.1, 0.15) is 19.9 Å². The summed E-state index contributed by atoms with van der Waals surface area (Å²) in [6, 6.07) is 7.76. The van der Waals surface area contributed by atoms with Crippen LogP contribution in [0.25, 0.3) is 11.3 Å². The molecule has 0 aliphatic heterocycles. The van der Waals surface area contributed by atoms with Crippen LogP contribution in [0, 0.1) is 0 Å². The van der Waals surface area contributed by atoms with Crippen molar-refractivity contribution in [3.05, 3.63) is 39.3 Å². The van der Waals surface area contributed by atoms with Gasteiger partial charge in [-0.2, -0.15) is 0 Å². The minimum absolute atomic E-state index is 0.0763. The fraction of sp³-hybridized carbons (Fsp3) is 0.250. The lowest BCUT2D eigenvalue weighted by atomic mass is 10.1. The summed E-state index contributed by atoms with van der Waals surface area (Å²) in [6.07, 6.45) is 0. The van der Waals surface area contributed by atoms with Crippen LogP contribution in [0.3, 0.4) is 0 Å². The Morgan fingerprint density at radius 2 is 2.12 bits per heavy atom. The van der Waals surface area contributed by atoms with E-state index in [-0.39, 0.29) is 10.9 Å². The van der Waals surface area contributed by atoms with Crippen LogP contribution in [0.2, 0.25) is 0 Å². The lowest BCUT2D eigenvalue weighted by Crippen LogP contribution is -2.16. The van der Waals surface area contributed by atoms with Crippen LogP contribution in [-0.2, 0) is 0 Å². The molecule has 0 unspecified atom stereocenters. The number of hydrogen-bond donors (Lipinski definition) is 1. The molecule has 1 aromatic heterocycles. The summed E-state index contributed by atoms with van der Waals surface area (Å²) in [7, 11) is 0. The second-order valence-electron chi connectivity index (χ2n) is 3.98. The molecule has 0 fully saturated rings. The number of aromatic nitrogens is 1. The first-order chi connectivity index (χ1) is 7.59. The number of hydrogen-bond acceptors (Lipinski definition) is 3. The van der Waals surface area contributed by atoms with Gasteiger partial charge in [0, 0.05) is 22.7 Å². The predicted molar refractivity (Wildman–Crippen MR) is 68.8 cm³/mol. The van der Waals surface area contributed by atoms with Crippen LogP contribution < -0.4 is 10.6 Å². The van der Waals surface area contributed by atoms with Gasteiger partial charge in [-0.25, -0.2) is 0 Å². The Bertz CT molecular complexity index is 554. The molecule has 16 heavy (non-hydrogen) atoms. The number of thiazole rings is 1. The van der Waals surface area contributed by atoms with Crippen molar-refractivity contribution in [2.24, 2.45) is 0 Å². The van der Waals surface area contributed by atoms with Gasteiger partial charge in [0.1, 0.15) is 0 Å². The van der Waals surface area contributed by atoms with Crippen LogP contribution in [0.15, 0.2) is 34.4 Å². The molecule has 0 bridgehead atoms. The molecule has 2 rings (SSSR count). The van der Waals surface area contributed by atoms with Crippen molar-refractivity contribution >= 4 is 17.0 Å². The summed E-state index contributed by atoms with van der Waals surface area (Å²) in [5, 5.41) is 1.89. The lowest BCUT2D eigenvalue weighted by molar-refractivity contribution is 0.597. The van der Waals surface area contributed by atoms with Crippen molar-refractivity contribution in [3.63, 3.8) is 0 Å². The van der Waals surface area contributed by atoms with Gasteiger partial charge in [-0.3, -0.25) is 9.36 Å². The highest BCUT2D eigenvalue weighted by Crippen LogP contribution is 2.24. The second kappa shape index (κ2) is 4.14. The van der Waals surface area contributed by atoms with Crippen LogP contribution >= 0.6 is 11.3 Å². The van der Waals surface area contributed by atoms with Crippen LogP contribution in [0.5, 0.6) is 0 Å². The molecule has 84 valence electrons. The molecule has 4 heteroatoms. The van der Waals surface area contributed by atoms with Crippen LogP contribution in [-0.4, -0.2) is 4.57 Å². The maximum absolute atomic E-state index is 11.7.